The second kappa shape index (κ2) is 8.95. The van der Waals surface area contributed by atoms with Crippen LogP contribution in [-0.4, -0.2) is 29.4 Å². The molecule has 2 N–H and O–H groups in total. The summed E-state index contributed by atoms with van der Waals surface area (Å²) in [5, 5.41) is 15.1. The van der Waals surface area contributed by atoms with Gasteiger partial charge in [-0.2, -0.15) is 0 Å². The third-order valence-corrected chi connectivity index (χ3v) is 5.16. The first kappa shape index (κ1) is 19.2. The number of aromatic nitrogens is 1. The Hall–Kier alpha value is -3.08. The standard InChI is InChI=1S/C25H26N2O2/c1-26-17-24(28)25(21-10-6-3-7-11-21)27-15-14-20-12-13-22(16-23(20)27)29-18-19-8-4-2-5-9-19/h2-16,24-26,28H,17-18H2,1H3/t24-,25+/m1/s1. The minimum Gasteiger partial charge on any atom is -0.489 e. The molecule has 0 bridgehead atoms. The van der Waals surface area contributed by atoms with Gasteiger partial charge in [-0.15, -0.1) is 0 Å². The van der Waals surface area contributed by atoms with Gasteiger partial charge in [-0.05, 0) is 41.8 Å². The topological polar surface area (TPSA) is 46.4 Å². The monoisotopic (exact) mass is 386 g/mol. The Labute approximate surface area is 171 Å². The van der Waals surface area contributed by atoms with Crippen LogP contribution < -0.4 is 10.1 Å². The lowest BCUT2D eigenvalue weighted by Crippen LogP contribution is -2.33. The van der Waals surface area contributed by atoms with Crippen molar-refractivity contribution in [1.29, 1.82) is 0 Å². The Balaban J connectivity index is 1.68. The van der Waals surface area contributed by atoms with E-state index in [0.29, 0.717) is 13.2 Å². The molecule has 0 fully saturated rings. The van der Waals surface area contributed by atoms with Crippen LogP contribution >= 0.6 is 0 Å². The highest BCUT2D eigenvalue weighted by Crippen LogP contribution is 2.30. The van der Waals surface area contributed by atoms with E-state index >= 15 is 0 Å². The van der Waals surface area contributed by atoms with Gasteiger partial charge in [0.1, 0.15) is 12.4 Å². The fourth-order valence-corrected chi connectivity index (χ4v) is 3.74. The van der Waals surface area contributed by atoms with Gasteiger partial charge in [-0.3, -0.25) is 0 Å². The molecule has 1 aromatic heterocycles. The summed E-state index contributed by atoms with van der Waals surface area (Å²) in [6, 6.07) is 28.3. The molecule has 148 valence electrons. The third-order valence-electron chi connectivity index (χ3n) is 5.16. The summed E-state index contributed by atoms with van der Waals surface area (Å²) in [6.07, 6.45) is 1.48. The zero-order valence-electron chi connectivity index (χ0n) is 16.5. The van der Waals surface area contributed by atoms with E-state index in [9.17, 15) is 5.11 Å². The van der Waals surface area contributed by atoms with Crippen LogP contribution in [0.5, 0.6) is 5.75 Å². The summed E-state index contributed by atoms with van der Waals surface area (Å²) in [7, 11) is 1.86. The molecule has 2 atom stereocenters. The molecule has 0 unspecified atom stereocenters. The van der Waals surface area contributed by atoms with E-state index < -0.39 is 6.10 Å². The normalized spacial score (nSPS) is 13.3. The van der Waals surface area contributed by atoms with Crippen LogP contribution in [0.4, 0.5) is 0 Å². The van der Waals surface area contributed by atoms with Gasteiger partial charge in [-0.25, -0.2) is 0 Å². The van der Waals surface area contributed by atoms with E-state index in [1.54, 1.807) is 0 Å². The third kappa shape index (κ3) is 4.34. The molecule has 4 rings (SSSR count). The van der Waals surface area contributed by atoms with Crippen LogP contribution in [0, 0.1) is 0 Å². The Morgan fingerprint density at radius 1 is 0.931 bits per heavy atom. The number of aliphatic hydroxyl groups excluding tert-OH is 1. The van der Waals surface area contributed by atoms with Crippen LogP contribution in [-0.2, 0) is 6.61 Å². The fourth-order valence-electron chi connectivity index (χ4n) is 3.74. The molecule has 3 aromatic carbocycles. The Bertz CT molecular complexity index is 1040. The maximum absolute atomic E-state index is 10.9. The van der Waals surface area contributed by atoms with Crippen LogP contribution in [0.1, 0.15) is 17.2 Å². The Morgan fingerprint density at radius 2 is 1.66 bits per heavy atom. The van der Waals surface area contributed by atoms with Gasteiger partial charge in [0.25, 0.3) is 0 Å². The lowest BCUT2D eigenvalue weighted by molar-refractivity contribution is 0.132. The first-order chi connectivity index (χ1) is 14.3. The number of aliphatic hydroxyl groups is 1. The highest BCUT2D eigenvalue weighted by molar-refractivity contribution is 5.82. The van der Waals surface area contributed by atoms with Gasteiger partial charge in [0, 0.05) is 18.8 Å². The average molecular weight is 386 g/mol. The lowest BCUT2D eigenvalue weighted by atomic mass is 10.0. The number of benzene rings is 3. The van der Waals surface area contributed by atoms with Gasteiger partial charge in [0.2, 0.25) is 0 Å². The van der Waals surface area contributed by atoms with Gasteiger partial charge in [0.05, 0.1) is 17.7 Å². The molecule has 0 aliphatic carbocycles. The Kier molecular flexibility index (Phi) is 5.94. The molecule has 0 aliphatic rings. The zero-order chi connectivity index (χ0) is 20.1. The molecule has 4 aromatic rings. The van der Waals surface area contributed by atoms with Crippen molar-refractivity contribution in [2.24, 2.45) is 0 Å². The van der Waals surface area contributed by atoms with Crippen molar-refractivity contribution in [3.63, 3.8) is 0 Å². The number of nitrogens with zero attached hydrogens (tertiary/aromatic N) is 1. The predicted molar refractivity (Wildman–Crippen MR) is 117 cm³/mol. The molecule has 4 nitrogen and oxygen atoms in total. The quantitative estimate of drug-likeness (QED) is 0.472. The molecule has 1 heterocycles. The summed E-state index contributed by atoms with van der Waals surface area (Å²) < 4.78 is 8.17. The number of hydrogen-bond acceptors (Lipinski definition) is 3. The largest absolute Gasteiger partial charge is 0.489 e. The highest BCUT2D eigenvalue weighted by atomic mass is 16.5. The molecule has 0 spiro atoms. The lowest BCUT2D eigenvalue weighted by Gasteiger charge is -2.26. The van der Waals surface area contributed by atoms with E-state index in [0.717, 1.165) is 27.8 Å². The van der Waals surface area contributed by atoms with E-state index in [-0.39, 0.29) is 6.04 Å². The SMILES string of the molecule is CNC[C@@H](O)[C@H](c1ccccc1)n1ccc2ccc(OCc3ccccc3)cc21. The van der Waals surface area contributed by atoms with E-state index in [1.807, 2.05) is 55.7 Å². The van der Waals surface area contributed by atoms with Crippen molar-refractivity contribution in [2.45, 2.75) is 18.8 Å². The van der Waals surface area contributed by atoms with Gasteiger partial charge in [-0.1, -0.05) is 60.7 Å². The van der Waals surface area contributed by atoms with Crippen LogP contribution in [0.25, 0.3) is 10.9 Å². The van der Waals surface area contributed by atoms with Crippen molar-refractivity contribution in [3.8, 4) is 5.75 Å². The molecule has 0 saturated heterocycles. The number of ether oxygens (including phenoxy) is 1. The minimum atomic E-state index is -0.563. The predicted octanol–water partition coefficient (Wildman–Crippen LogP) is 4.39. The van der Waals surface area contributed by atoms with Gasteiger partial charge in [0.15, 0.2) is 0 Å². The molecular formula is C25H26N2O2. The van der Waals surface area contributed by atoms with E-state index in [4.69, 9.17) is 4.74 Å². The summed E-state index contributed by atoms with van der Waals surface area (Å²) in [4.78, 5) is 0. The van der Waals surface area contributed by atoms with Crippen molar-refractivity contribution in [3.05, 3.63) is 102 Å². The second-order valence-electron chi connectivity index (χ2n) is 7.20. The van der Waals surface area contributed by atoms with Crippen LogP contribution in [0.3, 0.4) is 0 Å². The van der Waals surface area contributed by atoms with E-state index in [1.165, 1.54) is 0 Å². The second-order valence-corrected chi connectivity index (χ2v) is 7.20. The van der Waals surface area contributed by atoms with Gasteiger partial charge >= 0.3 is 0 Å². The molecule has 0 aliphatic heterocycles. The minimum absolute atomic E-state index is 0.189. The molecular weight excluding hydrogens is 360 g/mol. The van der Waals surface area contributed by atoms with E-state index in [2.05, 4.69) is 52.3 Å². The maximum atomic E-state index is 10.9. The van der Waals surface area contributed by atoms with Crippen molar-refractivity contribution >= 4 is 10.9 Å². The number of likely N-dealkylation sites (N-methyl/N-ethyl adjacent to an activating group) is 1. The van der Waals surface area contributed by atoms with Gasteiger partial charge < -0.3 is 19.7 Å². The number of fused-ring (bicyclic) bond motifs is 1. The van der Waals surface area contributed by atoms with Crippen molar-refractivity contribution in [1.82, 2.24) is 9.88 Å². The fraction of sp³-hybridized carbons (Fsp3) is 0.200. The molecule has 4 heteroatoms. The number of hydrogen-bond donors (Lipinski definition) is 2. The number of nitrogens with one attached hydrogen (secondary N) is 1. The first-order valence-electron chi connectivity index (χ1n) is 9.91. The summed E-state index contributed by atoms with van der Waals surface area (Å²) >= 11 is 0. The zero-order valence-corrected chi connectivity index (χ0v) is 16.5. The summed E-state index contributed by atoms with van der Waals surface area (Å²) in [6.45, 7) is 1.03. The smallest absolute Gasteiger partial charge is 0.121 e. The Morgan fingerprint density at radius 3 is 2.38 bits per heavy atom. The highest BCUT2D eigenvalue weighted by Gasteiger charge is 2.23. The maximum Gasteiger partial charge on any atom is 0.121 e. The average Bonchev–Trinajstić information content (AvgIpc) is 3.17. The van der Waals surface area contributed by atoms with Crippen molar-refractivity contribution in [2.75, 3.05) is 13.6 Å². The number of rotatable bonds is 8. The molecule has 0 amide bonds. The molecule has 0 radical (unpaired) electrons. The van der Waals surface area contributed by atoms with Crippen LogP contribution in [0.15, 0.2) is 91.1 Å². The van der Waals surface area contributed by atoms with Crippen LogP contribution in [0.2, 0.25) is 0 Å². The molecule has 0 saturated carbocycles. The first-order valence-corrected chi connectivity index (χ1v) is 9.91. The molecule has 29 heavy (non-hydrogen) atoms. The summed E-state index contributed by atoms with van der Waals surface area (Å²) in [5.41, 5.74) is 3.25. The van der Waals surface area contributed by atoms with Crippen molar-refractivity contribution < 1.29 is 9.84 Å². The summed E-state index contributed by atoms with van der Waals surface area (Å²) in [5.74, 6) is 0.816.